The van der Waals surface area contributed by atoms with Crippen molar-refractivity contribution in [2.24, 2.45) is 0 Å². The van der Waals surface area contributed by atoms with Crippen molar-refractivity contribution in [1.82, 2.24) is 4.31 Å². The Morgan fingerprint density at radius 1 is 1.31 bits per heavy atom. The van der Waals surface area contributed by atoms with Crippen LogP contribution in [0.15, 0.2) is 39.9 Å². The number of rotatable bonds is 6. The first-order valence-electron chi connectivity index (χ1n) is 7.98. The molecule has 2 heterocycles. The number of nitro groups is 1. The van der Waals surface area contributed by atoms with Crippen LogP contribution in [0.2, 0.25) is 0 Å². The molecule has 1 fully saturated rings. The normalized spacial score (nSPS) is 15.7. The molecule has 3 rings (SSSR count). The number of nitrogens with zero attached hydrogens (tertiary/aromatic N) is 3. The number of ether oxygens (including phenoxy) is 1. The Bertz CT molecular complexity index is 877. The first-order valence-corrected chi connectivity index (χ1v) is 10.4. The summed E-state index contributed by atoms with van der Waals surface area (Å²) >= 11 is 1.56. The molecule has 8 nitrogen and oxygen atoms in total. The van der Waals surface area contributed by atoms with Gasteiger partial charge in [0.1, 0.15) is 4.90 Å². The van der Waals surface area contributed by atoms with Crippen LogP contribution in [0.3, 0.4) is 0 Å². The lowest BCUT2D eigenvalue weighted by Gasteiger charge is -2.28. The Balaban J connectivity index is 2.02. The van der Waals surface area contributed by atoms with E-state index in [4.69, 9.17) is 4.74 Å². The van der Waals surface area contributed by atoms with Gasteiger partial charge in [-0.05, 0) is 28.5 Å². The Morgan fingerprint density at radius 2 is 2.04 bits per heavy atom. The SMILES string of the molecule is CN(Cc1ccsc1)c1ccc([N+](=O)[O-])cc1S(=O)(=O)N1CCOCC1. The van der Waals surface area contributed by atoms with Crippen molar-refractivity contribution in [2.75, 3.05) is 38.3 Å². The summed E-state index contributed by atoms with van der Waals surface area (Å²) in [4.78, 5) is 12.3. The number of anilines is 1. The molecule has 1 aliphatic heterocycles. The van der Waals surface area contributed by atoms with Gasteiger partial charge in [0.2, 0.25) is 10.0 Å². The van der Waals surface area contributed by atoms with Gasteiger partial charge in [-0.2, -0.15) is 15.6 Å². The molecule has 0 spiro atoms. The molecule has 1 aromatic carbocycles. The average Bonchev–Trinajstić information content (AvgIpc) is 3.14. The first-order chi connectivity index (χ1) is 12.4. The molecular weight excluding hydrogens is 378 g/mol. The molecule has 1 saturated heterocycles. The number of nitro benzene ring substituents is 1. The second-order valence-corrected chi connectivity index (χ2v) is 8.60. The third-order valence-corrected chi connectivity index (χ3v) is 6.81. The van der Waals surface area contributed by atoms with Crippen LogP contribution in [0.4, 0.5) is 11.4 Å². The highest BCUT2D eigenvalue weighted by Gasteiger charge is 2.31. The highest BCUT2D eigenvalue weighted by atomic mass is 32.2. The van der Waals surface area contributed by atoms with E-state index in [9.17, 15) is 18.5 Å². The molecule has 0 N–H and O–H groups in total. The summed E-state index contributed by atoms with van der Waals surface area (Å²) < 4.78 is 32.8. The molecule has 0 saturated carbocycles. The van der Waals surface area contributed by atoms with Gasteiger partial charge in [0.15, 0.2) is 0 Å². The standard InChI is InChI=1S/C16H19N3O5S2/c1-17(11-13-4-9-25-12-13)15-3-2-14(19(20)21)10-16(15)26(22,23)18-5-7-24-8-6-18/h2-4,9-10,12H,5-8,11H2,1H3. The quantitative estimate of drug-likeness (QED) is 0.549. The van der Waals surface area contributed by atoms with Crippen LogP contribution in [-0.2, 0) is 21.3 Å². The largest absolute Gasteiger partial charge is 0.379 e. The van der Waals surface area contributed by atoms with E-state index in [1.165, 1.54) is 16.4 Å². The summed E-state index contributed by atoms with van der Waals surface area (Å²) in [5.74, 6) is 0. The Labute approximate surface area is 155 Å². The van der Waals surface area contributed by atoms with E-state index in [1.54, 1.807) is 23.3 Å². The maximum Gasteiger partial charge on any atom is 0.270 e. The zero-order valence-corrected chi connectivity index (χ0v) is 15.8. The van der Waals surface area contributed by atoms with E-state index < -0.39 is 14.9 Å². The highest BCUT2D eigenvalue weighted by molar-refractivity contribution is 7.89. The van der Waals surface area contributed by atoms with Crippen LogP contribution in [0, 0.1) is 10.1 Å². The van der Waals surface area contributed by atoms with Gasteiger partial charge in [0.05, 0.1) is 23.8 Å². The molecule has 0 aliphatic carbocycles. The molecule has 1 aromatic heterocycles. The second-order valence-electron chi connectivity index (χ2n) is 5.91. The van der Waals surface area contributed by atoms with E-state index in [-0.39, 0.29) is 23.7 Å². The zero-order chi connectivity index (χ0) is 18.7. The number of benzene rings is 1. The maximum absolute atomic E-state index is 13.1. The van der Waals surface area contributed by atoms with Gasteiger partial charge in [0.25, 0.3) is 5.69 Å². The monoisotopic (exact) mass is 397 g/mol. The summed E-state index contributed by atoms with van der Waals surface area (Å²) in [7, 11) is -2.09. The van der Waals surface area contributed by atoms with Gasteiger partial charge in [-0.1, -0.05) is 0 Å². The molecular formula is C16H19N3O5S2. The van der Waals surface area contributed by atoms with Crippen molar-refractivity contribution < 1.29 is 18.1 Å². The molecule has 0 bridgehead atoms. The highest BCUT2D eigenvalue weighted by Crippen LogP contribution is 2.32. The third-order valence-electron chi connectivity index (χ3n) is 4.15. The lowest BCUT2D eigenvalue weighted by Crippen LogP contribution is -2.41. The summed E-state index contributed by atoms with van der Waals surface area (Å²) in [5, 5.41) is 15.1. The number of non-ortho nitro benzene ring substituents is 1. The molecule has 2 aromatic rings. The van der Waals surface area contributed by atoms with Crippen LogP contribution in [0.25, 0.3) is 0 Å². The summed E-state index contributed by atoms with van der Waals surface area (Å²) in [6, 6.07) is 5.93. The summed E-state index contributed by atoms with van der Waals surface area (Å²) in [6.07, 6.45) is 0. The van der Waals surface area contributed by atoms with E-state index in [1.807, 2.05) is 16.8 Å². The molecule has 0 atom stereocenters. The topological polar surface area (TPSA) is 93.0 Å². The Hall–Kier alpha value is -2.01. The van der Waals surface area contributed by atoms with Gasteiger partial charge in [-0.25, -0.2) is 8.42 Å². The number of thiophene rings is 1. The minimum Gasteiger partial charge on any atom is -0.379 e. The Kier molecular flexibility index (Phi) is 5.56. The molecule has 0 amide bonds. The number of morpholine rings is 1. The predicted octanol–water partition coefficient (Wildman–Crippen LogP) is 2.31. The lowest BCUT2D eigenvalue weighted by molar-refractivity contribution is -0.385. The van der Waals surface area contributed by atoms with Crippen LogP contribution < -0.4 is 4.90 Å². The fourth-order valence-corrected chi connectivity index (χ4v) is 5.13. The van der Waals surface area contributed by atoms with E-state index in [2.05, 4.69) is 0 Å². The van der Waals surface area contributed by atoms with Crippen molar-refractivity contribution in [3.05, 3.63) is 50.7 Å². The molecule has 10 heteroatoms. The van der Waals surface area contributed by atoms with Crippen LogP contribution >= 0.6 is 11.3 Å². The van der Waals surface area contributed by atoms with Crippen LogP contribution in [-0.4, -0.2) is 51.0 Å². The second kappa shape index (κ2) is 7.70. The van der Waals surface area contributed by atoms with Crippen LogP contribution in [0.1, 0.15) is 5.56 Å². The van der Waals surface area contributed by atoms with Crippen molar-refractivity contribution in [3.8, 4) is 0 Å². The van der Waals surface area contributed by atoms with Gasteiger partial charge in [0, 0.05) is 38.8 Å². The number of hydrogen-bond donors (Lipinski definition) is 0. The minimum absolute atomic E-state index is 0.0497. The van der Waals surface area contributed by atoms with Crippen LogP contribution in [0.5, 0.6) is 0 Å². The zero-order valence-electron chi connectivity index (χ0n) is 14.2. The Morgan fingerprint density at radius 3 is 2.65 bits per heavy atom. The molecule has 140 valence electrons. The van der Waals surface area contributed by atoms with Gasteiger partial charge < -0.3 is 9.64 Å². The maximum atomic E-state index is 13.1. The van der Waals surface area contributed by atoms with E-state index >= 15 is 0 Å². The fourth-order valence-electron chi connectivity index (χ4n) is 2.81. The van der Waals surface area contributed by atoms with Crippen molar-refractivity contribution in [3.63, 3.8) is 0 Å². The lowest BCUT2D eigenvalue weighted by atomic mass is 10.2. The molecule has 26 heavy (non-hydrogen) atoms. The third kappa shape index (κ3) is 3.88. The summed E-state index contributed by atoms with van der Waals surface area (Å²) in [5.41, 5.74) is 1.24. The summed E-state index contributed by atoms with van der Waals surface area (Å²) in [6.45, 7) is 1.60. The molecule has 1 aliphatic rings. The van der Waals surface area contributed by atoms with E-state index in [0.29, 0.717) is 25.4 Å². The minimum atomic E-state index is -3.86. The van der Waals surface area contributed by atoms with Gasteiger partial charge >= 0.3 is 0 Å². The predicted molar refractivity (Wildman–Crippen MR) is 99.1 cm³/mol. The van der Waals surface area contributed by atoms with Gasteiger partial charge in [-0.3, -0.25) is 10.1 Å². The van der Waals surface area contributed by atoms with Crippen molar-refractivity contribution in [1.29, 1.82) is 0 Å². The van der Waals surface area contributed by atoms with Crippen molar-refractivity contribution >= 4 is 32.7 Å². The number of sulfonamides is 1. The molecule has 0 radical (unpaired) electrons. The first kappa shape index (κ1) is 18.8. The van der Waals surface area contributed by atoms with Gasteiger partial charge in [-0.15, -0.1) is 0 Å². The smallest absolute Gasteiger partial charge is 0.270 e. The van der Waals surface area contributed by atoms with Crippen molar-refractivity contribution in [2.45, 2.75) is 11.4 Å². The average molecular weight is 397 g/mol. The fraction of sp³-hybridized carbons (Fsp3) is 0.375. The molecule has 0 unspecified atom stereocenters. The van der Waals surface area contributed by atoms with E-state index in [0.717, 1.165) is 11.6 Å². The number of hydrogen-bond acceptors (Lipinski definition) is 7.